The summed E-state index contributed by atoms with van der Waals surface area (Å²) in [6.45, 7) is 3.59. The Morgan fingerprint density at radius 2 is 2.00 bits per heavy atom. The number of carbonyl (C=O) groups is 2. The van der Waals surface area contributed by atoms with E-state index in [9.17, 15) is 9.59 Å². The van der Waals surface area contributed by atoms with Gasteiger partial charge >= 0.3 is 5.97 Å². The van der Waals surface area contributed by atoms with Crippen molar-refractivity contribution in [2.24, 2.45) is 0 Å². The van der Waals surface area contributed by atoms with Crippen LogP contribution >= 0.6 is 35.0 Å². The number of halogens is 2. The molecule has 0 radical (unpaired) electrons. The van der Waals surface area contributed by atoms with E-state index in [0.717, 1.165) is 4.90 Å². The number of carboxylic acids is 1. The molecule has 2 N–H and O–H groups in total. The largest absolute Gasteiger partial charge is 0.481 e. The average molecular weight is 350 g/mol. The van der Waals surface area contributed by atoms with Gasteiger partial charge in [-0.25, -0.2) is 0 Å². The van der Waals surface area contributed by atoms with E-state index in [4.69, 9.17) is 28.3 Å². The summed E-state index contributed by atoms with van der Waals surface area (Å²) in [6.07, 6.45) is 0.386. The summed E-state index contributed by atoms with van der Waals surface area (Å²) in [5.41, 5.74) is -0.561. The van der Waals surface area contributed by atoms with Gasteiger partial charge in [-0.3, -0.25) is 9.59 Å². The minimum Gasteiger partial charge on any atom is -0.481 e. The Morgan fingerprint density at radius 3 is 2.62 bits per heavy atom. The summed E-state index contributed by atoms with van der Waals surface area (Å²) >= 11 is 13.2. The Balaban J connectivity index is 2.50. The van der Waals surface area contributed by atoms with Crippen LogP contribution in [0.25, 0.3) is 0 Å². The highest BCUT2D eigenvalue weighted by Gasteiger charge is 2.21. The highest BCUT2D eigenvalue weighted by Crippen LogP contribution is 2.29. The maximum absolute atomic E-state index is 11.9. The SMILES string of the molecule is CC(C)(CCC(=O)O)NC(=O)CSc1cc(Cl)ccc1Cl. The minimum absolute atomic E-state index is 0.0144. The van der Waals surface area contributed by atoms with E-state index in [1.165, 1.54) is 11.8 Å². The molecule has 0 heterocycles. The Hall–Kier alpha value is -0.910. The van der Waals surface area contributed by atoms with E-state index in [-0.39, 0.29) is 18.1 Å². The van der Waals surface area contributed by atoms with Crippen molar-refractivity contribution < 1.29 is 14.7 Å². The molecule has 0 aliphatic carbocycles. The number of thioether (sulfide) groups is 1. The molecule has 116 valence electrons. The first-order chi connectivity index (χ1) is 9.69. The molecule has 1 amide bonds. The zero-order valence-electron chi connectivity index (χ0n) is 11.8. The third-order valence-corrected chi connectivity index (χ3v) is 4.43. The Labute approximate surface area is 138 Å². The lowest BCUT2D eigenvalue weighted by atomic mass is 9.98. The molecule has 7 heteroatoms. The van der Waals surface area contributed by atoms with Gasteiger partial charge in [0.15, 0.2) is 0 Å². The number of carboxylic acid groups (broad SMARTS) is 1. The smallest absolute Gasteiger partial charge is 0.303 e. The first kappa shape index (κ1) is 18.1. The van der Waals surface area contributed by atoms with Crippen LogP contribution in [0, 0.1) is 0 Å². The van der Waals surface area contributed by atoms with Gasteiger partial charge in [0.1, 0.15) is 0 Å². The molecule has 0 fully saturated rings. The fourth-order valence-corrected chi connectivity index (χ4v) is 2.92. The van der Waals surface area contributed by atoms with Gasteiger partial charge in [-0.2, -0.15) is 0 Å². The van der Waals surface area contributed by atoms with Crippen LogP contribution in [0.4, 0.5) is 0 Å². The molecular formula is C14H17Cl2NO3S. The molecule has 4 nitrogen and oxygen atoms in total. The summed E-state index contributed by atoms with van der Waals surface area (Å²) in [7, 11) is 0. The fraction of sp³-hybridized carbons (Fsp3) is 0.429. The zero-order valence-corrected chi connectivity index (χ0v) is 14.1. The monoisotopic (exact) mass is 349 g/mol. The number of carbonyl (C=O) groups excluding carboxylic acids is 1. The Morgan fingerprint density at radius 1 is 1.33 bits per heavy atom. The first-order valence-corrected chi connectivity index (χ1v) is 8.04. The first-order valence-electron chi connectivity index (χ1n) is 6.30. The molecule has 0 saturated carbocycles. The molecule has 1 rings (SSSR count). The second-order valence-corrected chi connectivity index (χ2v) is 7.05. The molecule has 1 aromatic rings. The maximum atomic E-state index is 11.9. The predicted octanol–water partition coefficient (Wildman–Crippen LogP) is 3.85. The van der Waals surface area contributed by atoms with Crippen LogP contribution in [0.15, 0.2) is 23.1 Å². The molecule has 0 bridgehead atoms. The van der Waals surface area contributed by atoms with Crippen LogP contribution in [0.5, 0.6) is 0 Å². The number of amides is 1. The van der Waals surface area contributed by atoms with Crippen molar-refractivity contribution in [2.45, 2.75) is 37.1 Å². The number of benzene rings is 1. The molecule has 0 unspecified atom stereocenters. The van der Waals surface area contributed by atoms with Crippen molar-refractivity contribution in [1.82, 2.24) is 5.32 Å². The molecule has 0 saturated heterocycles. The number of rotatable bonds is 7. The van der Waals surface area contributed by atoms with Gasteiger partial charge in [-0.15, -0.1) is 11.8 Å². The van der Waals surface area contributed by atoms with Gasteiger partial charge in [0.25, 0.3) is 0 Å². The van der Waals surface area contributed by atoms with Crippen LogP contribution in [0.2, 0.25) is 10.0 Å². The van der Waals surface area contributed by atoms with E-state index >= 15 is 0 Å². The molecule has 0 aliphatic rings. The average Bonchev–Trinajstić information content (AvgIpc) is 2.37. The van der Waals surface area contributed by atoms with Gasteiger partial charge < -0.3 is 10.4 Å². The van der Waals surface area contributed by atoms with Crippen molar-refractivity contribution in [2.75, 3.05) is 5.75 Å². The highest BCUT2D eigenvalue weighted by atomic mass is 35.5. The summed E-state index contributed by atoms with van der Waals surface area (Å²) in [5, 5.41) is 12.6. The Bertz CT molecular complexity index is 535. The lowest BCUT2D eigenvalue weighted by Crippen LogP contribution is -2.44. The quantitative estimate of drug-likeness (QED) is 0.733. The van der Waals surface area contributed by atoms with Crippen molar-refractivity contribution >= 4 is 46.8 Å². The molecule has 0 aliphatic heterocycles. The molecule has 21 heavy (non-hydrogen) atoms. The number of hydrogen-bond donors (Lipinski definition) is 2. The summed E-state index contributed by atoms with van der Waals surface area (Å²) in [5.74, 6) is -0.861. The van der Waals surface area contributed by atoms with E-state index in [1.54, 1.807) is 32.0 Å². The lowest BCUT2D eigenvalue weighted by molar-refractivity contribution is -0.137. The minimum atomic E-state index is -0.877. The Kier molecular flexibility index (Phi) is 6.84. The standard InChI is InChI=1S/C14H17Cl2NO3S/c1-14(2,6-5-13(19)20)17-12(18)8-21-11-7-9(15)3-4-10(11)16/h3-4,7H,5-6,8H2,1-2H3,(H,17,18)(H,19,20). The molecule has 0 aromatic heterocycles. The number of hydrogen-bond acceptors (Lipinski definition) is 3. The van der Waals surface area contributed by atoms with E-state index in [0.29, 0.717) is 16.5 Å². The third kappa shape index (κ3) is 7.07. The van der Waals surface area contributed by atoms with Crippen LogP contribution in [-0.2, 0) is 9.59 Å². The summed E-state index contributed by atoms with van der Waals surface area (Å²) in [4.78, 5) is 23.2. The number of nitrogens with one attached hydrogen (secondary N) is 1. The maximum Gasteiger partial charge on any atom is 0.303 e. The van der Waals surface area contributed by atoms with E-state index in [2.05, 4.69) is 5.32 Å². The second-order valence-electron chi connectivity index (χ2n) is 5.19. The van der Waals surface area contributed by atoms with Gasteiger partial charge in [-0.1, -0.05) is 23.2 Å². The molecular weight excluding hydrogens is 333 g/mol. The zero-order chi connectivity index (χ0) is 16.0. The van der Waals surface area contributed by atoms with Crippen LogP contribution in [0.3, 0.4) is 0 Å². The van der Waals surface area contributed by atoms with Crippen molar-refractivity contribution in [1.29, 1.82) is 0 Å². The van der Waals surface area contributed by atoms with Gasteiger partial charge in [0.2, 0.25) is 5.91 Å². The number of aliphatic carboxylic acids is 1. The van der Waals surface area contributed by atoms with E-state index < -0.39 is 11.5 Å². The van der Waals surface area contributed by atoms with E-state index in [1.807, 2.05) is 0 Å². The fourth-order valence-electron chi connectivity index (χ4n) is 1.63. The van der Waals surface area contributed by atoms with Crippen molar-refractivity contribution in [3.8, 4) is 0 Å². The molecule has 0 atom stereocenters. The van der Waals surface area contributed by atoms with Crippen molar-refractivity contribution in [3.63, 3.8) is 0 Å². The summed E-state index contributed by atoms with van der Waals surface area (Å²) in [6, 6.07) is 5.07. The van der Waals surface area contributed by atoms with Gasteiger partial charge in [0.05, 0.1) is 10.8 Å². The van der Waals surface area contributed by atoms with Crippen LogP contribution < -0.4 is 5.32 Å². The predicted molar refractivity (Wildman–Crippen MR) is 86.3 cm³/mol. The lowest BCUT2D eigenvalue weighted by Gasteiger charge is -2.25. The van der Waals surface area contributed by atoms with Crippen LogP contribution in [-0.4, -0.2) is 28.3 Å². The van der Waals surface area contributed by atoms with Gasteiger partial charge in [-0.05, 0) is 38.5 Å². The van der Waals surface area contributed by atoms with Crippen molar-refractivity contribution in [3.05, 3.63) is 28.2 Å². The second kappa shape index (κ2) is 7.92. The topological polar surface area (TPSA) is 66.4 Å². The highest BCUT2D eigenvalue weighted by molar-refractivity contribution is 8.00. The summed E-state index contributed by atoms with van der Waals surface area (Å²) < 4.78 is 0. The van der Waals surface area contributed by atoms with Gasteiger partial charge in [0, 0.05) is 21.9 Å². The van der Waals surface area contributed by atoms with Crippen LogP contribution in [0.1, 0.15) is 26.7 Å². The molecule has 1 aromatic carbocycles. The molecule has 0 spiro atoms. The normalized spacial score (nSPS) is 11.2. The third-order valence-electron chi connectivity index (χ3n) is 2.69.